The third-order valence-electron chi connectivity index (χ3n) is 1.02. The van der Waals surface area contributed by atoms with Crippen molar-refractivity contribution in [2.45, 2.75) is 6.92 Å². The van der Waals surface area contributed by atoms with Crippen molar-refractivity contribution in [1.82, 2.24) is 0 Å². The number of hydrogen-bond donors (Lipinski definition) is 3. The summed E-state index contributed by atoms with van der Waals surface area (Å²) in [6.07, 6.45) is 0. The van der Waals surface area contributed by atoms with Gasteiger partial charge in [0.05, 0.1) is 7.05 Å². The van der Waals surface area contributed by atoms with E-state index in [0.717, 1.165) is 5.70 Å². The molecule has 5 N–H and O–H groups in total. The summed E-state index contributed by atoms with van der Waals surface area (Å²) >= 11 is 5.57. The summed E-state index contributed by atoms with van der Waals surface area (Å²) in [5.41, 5.74) is 5.92. The Morgan fingerprint density at radius 1 is 1.67 bits per heavy atom. The zero-order valence-corrected chi connectivity index (χ0v) is 6.29. The molecular weight excluding hydrogens is 138 g/mol. The summed E-state index contributed by atoms with van der Waals surface area (Å²) in [4.78, 5) is 0. The highest BCUT2D eigenvalue weighted by atomic mass is 35.5. The van der Waals surface area contributed by atoms with E-state index in [0.29, 0.717) is 5.03 Å². The summed E-state index contributed by atoms with van der Waals surface area (Å²) in [6.45, 7) is 1.81. The molecule has 0 atom stereocenters. The largest absolute Gasteiger partial charge is 0.383 e. The van der Waals surface area contributed by atoms with Gasteiger partial charge in [0.1, 0.15) is 16.6 Å². The van der Waals surface area contributed by atoms with Crippen LogP contribution in [0.4, 0.5) is 0 Å². The molecule has 52 valence electrons. The normalized spacial score (nSPS) is 12.8. The van der Waals surface area contributed by atoms with Crippen molar-refractivity contribution in [1.29, 1.82) is 5.41 Å². The van der Waals surface area contributed by atoms with Crippen LogP contribution >= 0.6 is 11.6 Å². The van der Waals surface area contributed by atoms with Crippen molar-refractivity contribution >= 4 is 17.4 Å². The van der Waals surface area contributed by atoms with Crippen LogP contribution in [0.5, 0.6) is 0 Å². The van der Waals surface area contributed by atoms with Crippen LogP contribution in [-0.2, 0) is 0 Å². The zero-order valence-electron chi connectivity index (χ0n) is 5.53. The van der Waals surface area contributed by atoms with Crippen LogP contribution in [0, 0.1) is 5.41 Å². The van der Waals surface area contributed by atoms with E-state index in [1.54, 1.807) is 0 Å². The predicted molar refractivity (Wildman–Crippen MR) is 38.3 cm³/mol. The molecular formula is C5H11ClN3+. The molecule has 0 aromatic rings. The second-order valence-electron chi connectivity index (χ2n) is 1.70. The molecule has 0 fully saturated rings. The van der Waals surface area contributed by atoms with Crippen LogP contribution in [0.3, 0.4) is 0 Å². The third kappa shape index (κ3) is 2.49. The molecule has 0 saturated carbocycles. The molecule has 0 saturated heterocycles. The van der Waals surface area contributed by atoms with Crippen LogP contribution in [-0.4, -0.2) is 12.9 Å². The van der Waals surface area contributed by atoms with Crippen molar-refractivity contribution in [3.8, 4) is 0 Å². The summed E-state index contributed by atoms with van der Waals surface area (Å²) < 4.78 is 0. The highest BCUT2D eigenvalue weighted by molar-refractivity contribution is 6.42. The van der Waals surface area contributed by atoms with Crippen molar-refractivity contribution in [2.24, 2.45) is 5.73 Å². The lowest BCUT2D eigenvalue weighted by molar-refractivity contribution is -0.576. The van der Waals surface area contributed by atoms with Gasteiger partial charge in [-0.25, -0.2) is 0 Å². The van der Waals surface area contributed by atoms with Gasteiger partial charge in [0.15, 0.2) is 0 Å². The van der Waals surface area contributed by atoms with Gasteiger partial charge in [0, 0.05) is 6.92 Å². The van der Waals surface area contributed by atoms with E-state index < -0.39 is 0 Å². The minimum Gasteiger partial charge on any atom is -0.383 e. The van der Waals surface area contributed by atoms with Crippen molar-refractivity contribution < 1.29 is 5.32 Å². The number of nitrogens with two attached hydrogens (primary N) is 2. The number of hydrogen-bond acceptors (Lipinski definition) is 1. The first-order valence-corrected chi connectivity index (χ1v) is 2.97. The van der Waals surface area contributed by atoms with Gasteiger partial charge in [0.2, 0.25) is 0 Å². The second-order valence-corrected chi connectivity index (χ2v) is 2.08. The van der Waals surface area contributed by atoms with Crippen molar-refractivity contribution in [2.75, 3.05) is 7.05 Å². The molecule has 0 radical (unpaired) electrons. The zero-order chi connectivity index (χ0) is 7.44. The highest BCUT2D eigenvalue weighted by Crippen LogP contribution is 2.00. The number of halogens is 1. The Kier molecular flexibility index (Phi) is 3.27. The number of rotatable bonds is 2. The van der Waals surface area contributed by atoms with Gasteiger partial charge in [0.25, 0.3) is 0 Å². The fraction of sp³-hybridized carbons (Fsp3) is 0.400. The summed E-state index contributed by atoms with van der Waals surface area (Å²) in [5.74, 6) is -0.0766. The summed E-state index contributed by atoms with van der Waals surface area (Å²) in [5, 5.41) is 9.04. The quantitative estimate of drug-likeness (QED) is 0.362. The molecule has 0 aliphatic rings. The van der Waals surface area contributed by atoms with E-state index in [1.807, 2.05) is 19.3 Å². The Morgan fingerprint density at radius 2 is 2.11 bits per heavy atom. The third-order valence-corrected chi connectivity index (χ3v) is 1.52. The van der Waals surface area contributed by atoms with E-state index >= 15 is 0 Å². The SMILES string of the molecule is C[NH2+]C(C)=C(Cl)C(=N)N. The average molecular weight is 149 g/mol. The number of allylic oxidation sites excluding steroid dienone is 1. The molecule has 0 rings (SSSR count). The lowest BCUT2D eigenvalue weighted by Crippen LogP contribution is -2.77. The topological polar surface area (TPSA) is 66.5 Å². The van der Waals surface area contributed by atoms with Gasteiger partial charge in [-0.05, 0) is 0 Å². The molecule has 0 bridgehead atoms. The van der Waals surface area contributed by atoms with Gasteiger partial charge >= 0.3 is 0 Å². The average Bonchev–Trinajstić information content (AvgIpc) is 1.84. The molecule has 0 heterocycles. The van der Waals surface area contributed by atoms with E-state index in [9.17, 15) is 0 Å². The van der Waals surface area contributed by atoms with E-state index in [2.05, 4.69) is 0 Å². The lowest BCUT2D eigenvalue weighted by atomic mass is 10.4. The first-order chi connectivity index (χ1) is 4.09. The molecule has 4 heteroatoms. The highest BCUT2D eigenvalue weighted by Gasteiger charge is 2.02. The van der Waals surface area contributed by atoms with Crippen LogP contribution in [0.15, 0.2) is 10.7 Å². The molecule has 0 aliphatic heterocycles. The molecule has 0 unspecified atom stereocenters. The van der Waals surface area contributed by atoms with Crippen LogP contribution in [0.25, 0.3) is 0 Å². The number of amidine groups is 1. The Balaban J connectivity index is 4.28. The molecule has 0 spiro atoms. The Bertz CT molecular complexity index is 150. The van der Waals surface area contributed by atoms with Crippen LogP contribution in [0.2, 0.25) is 0 Å². The first-order valence-electron chi connectivity index (χ1n) is 2.59. The van der Waals surface area contributed by atoms with E-state index in [-0.39, 0.29) is 5.84 Å². The molecule has 0 amide bonds. The maximum atomic E-state index is 6.90. The summed E-state index contributed by atoms with van der Waals surface area (Å²) in [6, 6.07) is 0. The van der Waals surface area contributed by atoms with Crippen molar-refractivity contribution in [3.63, 3.8) is 0 Å². The predicted octanol–water partition coefficient (Wildman–Crippen LogP) is -0.414. The summed E-state index contributed by atoms with van der Waals surface area (Å²) in [7, 11) is 1.85. The first kappa shape index (κ1) is 8.46. The molecule has 9 heavy (non-hydrogen) atoms. The standard InChI is InChI=1S/C5H10ClN3/c1-3(9-2)4(6)5(7)8/h9H,1-2H3,(H3,7,8)/p+1. The lowest BCUT2D eigenvalue weighted by Gasteiger charge is -1.96. The molecule has 0 aromatic heterocycles. The van der Waals surface area contributed by atoms with Gasteiger partial charge < -0.3 is 11.1 Å². The number of nitrogens with one attached hydrogen (secondary N) is 1. The van der Waals surface area contributed by atoms with Gasteiger partial charge in [-0.1, -0.05) is 11.6 Å². The van der Waals surface area contributed by atoms with Gasteiger partial charge in [-0.15, -0.1) is 0 Å². The Labute approximate surface area is 59.4 Å². The fourth-order valence-electron chi connectivity index (χ4n) is 0.339. The monoisotopic (exact) mass is 148 g/mol. The van der Waals surface area contributed by atoms with E-state index in [4.69, 9.17) is 22.7 Å². The maximum Gasteiger partial charge on any atom is 0.140 e. The maximum absolute atomic E-state index is 6.90. The van der Waals surface area contributed by atoms with E-state index in [1.165, 1.54) is 0 Å². The van der Waals surface area contributed by atoms with Crippen LogP contribution < -0.4 is 11.1 Å². The van der Waals surface area contributed by atoms with Crippen molar-refractivity contribution in [3.05, 3.63) is 10.7 Å². The van der Waals surface area contributed by atoms with Gasteiger partial charge in [-0.3, -0.25) is 5.41 Å². The Morgan fingerprint density at radius 3 is 2.22 bits per heavy atom. The second kappa shape index (κ2) is 3.48. The minimum atomic E-state index is -0.0766. The molecule has 0 aliphatic carbocycles. The van der Waals surface area contributed by atoms with Crippen LogP contribution in [0.1, 0.15) is 6.92 Å². The van der Waals surface area contributed by atoms with Gasteiger partial charge in [-0.2, -0.15) is 0 Å². The minimum absolute atomic E-state index is 0.0766. The molecule has 3 nitrogen and oxygen atoms in total. The molecule has 0 aromatic carbocycles. The fourth-order valence-corrected chi connectivity index (χ4v) is 0.448. The Hall–Kier alpha value is -0.540. The smallest absolute Gasteiger partial charge is 0.140 e. The number of quaternary nitrogens is 1.